The maximum absolute atomic E-state index is 13.1. The number of thioether (sulfide) groups is 1. The Morgan fingerprint density at radius 2 is 1.74 bits per heavy atom. The summed E-state index contributed by atoms with van der Waals surface area (Å²) in [4.78, 5) is 31.5. The van der Waals surface area contributed by atoms with Crippen molar-refractivity contribution in [3.63, 3.8) is 0 Å². The summed E-state index contributed by atoms with van der Waals surface area (Å²) in [5.74, 6) is 0.465. The highest BCUT2D eigenvalue weighted by atomic mass is 32.2. The number of nitrogens with one attached hydrogen (secondary N) is 2. The lowest BCUT2D eigenvalue weighted by molar-refractivity contribution is -0.115. The second-order valence-corrected chi connectivity index (χ2v) is 11.0. The first-order valence-corrected chi connectivity index (χ1v) is 14.3. The van der Waals surface area contributed by atoms with E-state index in [9.17, 15) is 9.59 Å². The van der Waals surface area contributed by atoms with Crippen LogP contribution in [0.15, 0.2) is 101 Å². The van der Waals surface area contributed by atoms with Gasteiger partial charge in [-0.1, -0.05) is 55.5 Å². The Hall–Kier alpha value is -4.14. The maximum atomic E-state index is 13.1. The Bertz CT molecular complexity index is 1630. The van der Waals surface area contributed by atoms with Crippen LogP contribution in [-0.2, 0) is 4.79 Å². The molecule has 4 aromatic carbocycles. The van der Waals surface area contributed by atoms with Crippen LogP contribution in [0.1, 0.15) is 23.7 Å². The summed E-state index contributed by atoms with van der Waals surface area (Å²) >= 11 is 2.85. The predicted octanol–water partition coefficient (Wildman–Crippen LogP) is 7.73. The van der Waals surface area contributed by atoms with E-state index < -0.39 is 0 Å². The van der Waals surface area contributed by atoms with Gasteiger partial charge in [-0.25, -0.2) is 4.98 Å². The Labute approximate surface area is 235 Å². The summed E-state index contributed by atoms with van der Waals surface area (Å²) in [6, 6.07) is 28.8. The van der Waals surface area contributed by atoms with Gasteiger partial charge in [-0.05, 0) is 59.7 Å². The van der Waals surface area contributed by atoms with E-state index in [1.54, 1.807) is 7.11 Å². The van der Waals surface area contributed by atoms with E-state index >= 15 is 0 Å². The van der Waals surface area contributed by atoms with E-state index in [2.05, 4.69) is 15.6 Å². The van der Waals surface area contributed by atoms with Gasteiger partial charge in [-0.15, -0.1) is 23.1 Å². The number of thiazole rings is 1. The monoisotopic (exact) mass is 553 g/mol. The second-order valence-electron chi connectivity index (χ2n) is 8.82. The van der Waals surface area contributed by atoms with Crippen molar-refractivity contribution in [1.82, 2.24) is 4.98 Å². The minimum absolute atomic E-state index is 0.111. The number of hydrogen-bond acceptors (Lipinski definition) is 6. The molecule has 0 fully saturated rings. The van der Waals surface area contributed by atoms with Crippen LogP contribution in [0.5, 0.6) is 5.75 Å². The minimum Gasteiger partial charge on any atom is -0.497 e. The van der Waals surface area contributed by atoms with E-state index in [0.717, 1.165) is 32.7 Å². The Balaban J connectivity index is 1.23. The number of amides is 2. The average Bonchev–Trinajstić information content (AvgIpc) is 3.44. The first-order valence-electron chi connectivity index (χ1n) is 12.5. The van der Waals surface area contributed by atoms with Crippen molar-refractivity contribution in [3.8, 4) is 17.0 Å². The number of ether oxygens (including phenoxy) is 1. The Morgan fingerprint density at radius 3 is 2.56 bits per heavy atom. The van der Waals surface area contributed by atoms with Crippen molar-refractivity contribution in [2.75, 3.05) is 17.7 Å². The first kappa shape index (κ1) is 26.5. The maximum Gasteiger partial charge on any atom is 0.255 e. The molecule has 39 heavy (non-hydrogen) atoms. The molecular weight excluding hydrogens is 526 g/mol. The molecule has 8 heteroatoms. The zero-order valence-electron chi connectivity index (χ0n) is 21.5. The molecule has 1 atom stereocenters. The summed E-state index contributed by atoms with van der Waals surface area (Å²) in [6.45, 7) is 1.98. The highest BCUT2D eigenvalue weighted by molar-refractivity contribution is 8.00. The molecule has 0 aliphatic rings. The molecule has 0 spiro atoms. The van der Waals surface area contributed by atoms with Gasteiger partial charge in [0.05, 0.1) is 18.1 Å². The third-order valence-corrected chi connectivity index (χ3v) is 8.26. The molecule has 2 amide bonds. The summed E-state index contributed by atoms with van der Waals surface area (Å²) in [5, 5.41) is 10.2. The molecule has 5 aromatic rings. The van der Waals surface area contributed by atoms with Crippen molar-refractivity contribution >= 4 is 56.5 Å². The first-order chi connectivity index (χ1) is 19.0. The third kappa shape index (κ3) is 6.47. The molecule has 0 bridgehead atoms. The van der Waals surface area contributed by atoms with Crippen LogP contribution in [-0.4, -0.2) is 29.2 Å². The molecule has 0 radical (unpaired) electrons. The molecule has 1 unspecified atom stereocenters. The summed E-state index contributed by atoms with van der Waals surface area (Å²) < 4.78 is 5.30. The summed E-state index contributed by atoms with van der Waals surface area (Å²) in [6.07, 6.45) is 0.637. The number of methoxy groups -OCH3 is 1. The molecule has 2 N–H and O–H groups in total. The van der Waals surface area contributed by atoms with Crippen LogP contribution in [0.3, 0.4) is 0 Å². The molecule has 0 saturated carbocycles. The number of fused-ring (bicyclic) bond motifs is 1. The molecular formula is C31H27N3O3S2. The Kier molecular flexibility index (Phi) is 8.24. The number of rotatable bonds is 9. The van der Waals surface area contributed by atoms with Crippen molar-refractivity contribution in [2.24, 2.45) is 0 Å². The van der Waals surface area contributed by atoms with Crippen LogP contribution in [0.25, 0.3) is 22.0 Å². The number of anilines is 2. The average molecular weight is 554 g/mol. The van der Waals surface area contributed by atoms with Gasteiger partial charge in [0.1, 0.15) is 5.75 Å². The van der Waals surface area contributed by atoms with Crippen LogP contribution in [0, 0.1) is 0 Å². The van der Waals surface area contributed by atoms with E-state index in [-0.39, 0.29) is 17.1 Å². The van der Waals surface area contributed by atoms with Crippen LogP contribution >= 0.6 is 23.1 Å². The van der Waals surface area contributed by atoms with Crippen molar-refractivity contribution in [3.05, 3.63) is 102 Å². The van der Waals surface area contributed by atoms with E-state index in [1.807, 2.05) is 103 Å². The molecule has 5 rings (SSSR count). The fraction of sp³-hybridized carbons (Fsp3) is 0.129. The molecule has 0 saturated heterocycles. The Morgan fingerprint density at radius 1 is 0.923 bits per heavy atom. The highest BCUT2D eigenvalue weighted by Gasteiger charge is 2.20. The van der Waals surface area contributed by atoms with Crippen molar-refractivity contribution in [1.29, 1.82) is 0 Å². The van der Waals surface area contributed by atoms with Gasteiger partial charge in [0.15, 0.2) is 5.13 Å². The van der Waals surface area contributed by atoms with Crippen LogP contribution in [0.2, 0.25) is 0 Å². The smallest absolute Gasteiger partial charge is 0.255 e. The lowest BCUT2D eigenvalue weighted by Crippen LogP contribution is -2.24. The standard InChI is InChI=1S/C31H27N3O3S2/c1-3-28(30(36)34-31-33-27(19-38-31)22-10-6-12-25(17-22)37-2)39-26-13-7-11-24(18-26)32-29(35)23-15-14-20-8-4-5-9-21(20)16-23/h4-19,28H,3H2,1-2H3,(H,32,35)(H,33,34,36). The van der Waals surface area contributed by atoms with Gasteiger partial charge in [-0.3, -0.25) is 9.59 Å². The zero-order valence-corrected chi connectivity index (χ0v) is 23.1. The van der Waals surface area contributed by atoms with Gasteiger partial charge < -0.3 is 15.4 Å². The van der Waals surface area contributed by atoms with Crippen LogP contribution < -0.4 is 15.4 Å². The largest absolute Gasteiger partial charge is 0.497 e. The van der Waals surface area contributed by atoms with E-state index in [1.165, 1.54) is 23.1 Å². The summed E-state index contributed by atoms with van der Waals surface area (Å²) in [5.41, 5.74) is 2.98. The van der Waals surface area contributed by atoms with Gasteiger partial charge >= 0.3 is 0 Å². The van der Waals surface area contributed by atoms with Crippen LogP contribution in [0.4, 0.5) is 10.8 Å². The number of hydrogen-bond donors (Lipinski definition) is 2. The lowest BCUT2D eigenvalue weighted by Gasteiger charge is -2.14. The van der Waals surface area contributed by atoms with Gasteiger partial charge in [0.2, 0.25) is 5.91 Å². The van der Waals surface area contributed by atoms with E-state index in [0.29, 0.717) is 22.8 Å². The molecule has 6 nitrogen and oxygen atoms in total. The molecule has 1 aromatic heterocycles. The minimum atomic E-state index is -0.319. The fourth-order valence-electron chi connectivity index (χ4n) is 4.10. The quantitative estimate of drug-likeness (QED) is 0.183. The van der Waals surface area contributed by atoms with E-state index in [4.69, 9.17) is 4.74 Å². The number of benzene rings is 4. The summed E-state index contributed by atoms with van der Waals surface area (Å²) in [7, 11) is 1.63. The molecule has 0 aliphatic carbocycles. The lowest BCUT2D eigenvalue weighted by atomic mass is 10.1. The van der Waals surface area contributed by atoms with Gasteiger partial charge in [0, 0.05) is 27.1 Å². The molecule has 1 heterocycles. The SMILES string of the molecule is CCC(Sc1cccc(NC(=O)c2ccc3ccccc3c2)c1)C(=O)Nc1nc(-c2cccc(OC)c2)cs1. The molecule has 196 valence electrons. The number of carbonyl (C=O) groups is 2. The van der Waals surface area contributed by atoms with Crippen molar-refractivity contribution < 1.29 is 14.3 Å². The van der Waals surface area contributed by atoms with Crippen molar-refractivity contribution in [2.45, 2.75) is 23.5 Å². The number of nitrogens with zero attached hydrogens (tertiary/aromatic N) is 1. The topological polar surface area (TPSA) is 80.3 Å². The highest BCUT2D eigenvalue weighted by Crippen LogP contribution is 2.31. The predicted molar refractivity (Wildman–Crippen MR) is 161 cm³/mol. The normalized spacial score (nSPS) is 11.6. The zero-order chi connectivity index (χ0) is 27.2. The molecule has 0 aliphatic heterocycles. The third-order valence-electron chi connectivity index (χ3n) is 6.14. The number of carbonyl (C=O) groups excluding carboxylic acids is 2. The number of aromatic nitrogens is 1. The van der Waals surface area contributed by atoms with Gasteiger partial charge in [0.25, 0.3) is 5.91 Å². The fourth-order valence-corrected chi connectivity index (χ4v) is 5.84. The second kappa shape index (κ2) is 12.1. The van der Waals surface area contributed by atoms with Gasteiger partial charge in [-0.2, -0.15) is 0 Å².